The van der Waals surface area contributed by atoms with Gasteiger partial charge in [-0.1, -0.05) is 39.5 Å². The quantitative estimate of drug-likeness (QED) is 0.651. The molecule has 1 aliphatic carbocycles. The monoisotopic (exact) mass is 271 g/mol. The van der Waals surface area contributed by atoms with Gasteiger partial charge in [0, 0.05) is 12.6 Å². The van der Waals surface area contributed by atoms with E-state index < -0.39 is 0 Å². The number of nitrogens with one attached hydrogen (secondary N) is 1. The Bertz CT molecular complexity index is 197. The molecule has 0 heterocycles. The normalized spacial score (nSPS) is 24.9. The van der Waals surface area contributed by atoms with E-state index >= 15 is 0 Å². The molecule has 0 aliphatic heterocycles. The fourth-order valence-corrected chi connectivity index (χ4v) is 2.72. The first-order valence-corrected chi connectivity index (χ1v) is 8.31. The maximum Gasteiger partial charge on any atom is 0.0729 e. The number of ether oxygens (including phenoxy) is 2. The second kappa shape index (κ2) is 11.7. The Morgan fingerprint density at radius 2 is 1.68 bits per heavy atom. The van der Waals surface area contributed by atoms with E-state index in [0.29, 0.717) is 12.1 Å². The molecule has 1 saturated carbocycles. The molecule has 1 aliphatic rings. The first-order chi connectivity index (χ1) is 9.38. The van der Waals surface area contributed by atoms with Gasteiger partial charge in [0.25, 0.3) is 0 Å². The van der Waals surface area contributed by atoms with Crippen molar-refractivity contribution < 1.29 is 9.47 Å². The second-order valence-electron chi connectivity index (χ2n) is 5.57. The Morgan fingerprint density at radius 1 is 0.895 bits per heavy atom. The Labute approximate surface area is 119 Å². The molecule has 3 heteroatoms. The van der Waals surface area contributed by atoms with Crippen molar-refractivity contribution in [3.63, 3.8) is 0 Å². The van der Waals surface area contributed by atoms with Gasteiger partial charge in [-0.25, -0.2) is 0 Å². The molecular weight excluding hydrogens is 238 g/mol. The average Bonchev–Trinajstić information content (AvgIpc) is 2.40. The van der Waals surface area contributed by atoms with Gasteiger partial charge >= 0.3 is 0 Å². The molecule has 1 N–H and O–H groups in total. The Balaban J connectivity index is 2.28. The van der Waals surface area contributed by atoms with Gasteiger partial charge in [-0.3, -0.25) is 0 Å². The molecule has 0 aromatic carbocycles. The smallest absolute Gasteiger partial charge is 0.0729 e. The number of hydrogen-bond acceptors (Lipinski definition) is 3. The molecule has 0 radical (unpaired) electrons. The SMILES string of the molecule is CCCNC1CCCCCCC1OCCOCCC. The molecule has 0 amide bonds. The van der Waals surface area contributed by atoms with Crippen molar-refractivity contribution >= 4 is 0 Å². The topological polar surface area (TPSA) is 30.5 Å². The standard InChI is InChI=1S/C16H33NO2/c1-3-11-17-15-9-7-5-6-8-10-16(15)19-14-13-18-12-4-2/h15-17H,3-14H2,1-2H3. The summed E-state index contributed by atoms with van der Waals surface area (Å²) in [5.74, 6) is 0. The van der Waals surface area contributed by atoms with Gasteiger partial charge < -0.3 is 14.8 Å². The first kappa shape index (κ1) is 16.9. The molecule has 1 rings (SSSR count). The van der Waals surface area contributed by atoms with Crippen LogP contribution in [0.25, 0.3) is 0 Å². The van der Waals surface area contributed by atoms with Crippen LogP contribution in [0, 0.1) is 0 Å². The van der Waals surface area contributed by atoms with E-state index in [1.165, 1.54) is 44.9 Å². The van der Waals surface area contributed by atoms with Crippen LogP contribution in [0.4, 0.5) is 0 Å². The van der Waals surface area contributed by atoms with Gasteiger partial charge in [0.15, 0.2) is 0 Å². The van der Waals surface area contributed by atoms with Crippen LogP contribution in [0.2, 0.25) is 0 Å². The Morgan fingerprint density at radius 3 is 2.42 bits per heavy atom. The van der Waals surface area contributed by atoms with Crippen molar-refractivity contribution in [1.29, 1.82) is 0 Å². The third kappa shape index (κ3) is 7.91. The molecule has 2 unspecified atom stereocenters. The molecule has 19 heavy (non-hydrogen) atoms. The summed E-state index contributed by atoms with van der Waals surface area (Å²) in [6.07, 6.45) is 10.5. The highest BCUT2D eigenvalue weighted by Gasteiger charge is 2.22. The average molecular weight is 271 g/mol. The molecule has 0 bridgehead atoms. The fraction of sp³-hybridized carbons (Fsp3) is 1.00. The van der Waals surface area contributed by atoms with Crippen LogP contribution >= 0.6 is 0 Å². The molecule has 0 saturated heterocycles. The maximum absolute atomic E-state index is 6.09. The zero-order chi connectivity index (χ0) is 13.8. The van der Waals surface area contributed by atoms with Gasteiger partial charge in [-0.2, -0.15) is 0 Å². The highest BCUT2D eigenvalue weighted by atomic mass is 16.5. The highest BCUT2D eigenvalue weighted by molar-refractivity contribution is 4.79. The minimum absolute atomic E-state index is 0.386. The van der Waals surface area contributed by atoms with Crippen LogP contribution < -0.4 is 5.32 Å². The molecular formula is C16H33NO2. The van der Waals surface area contributed by atoms with E-state index in [-0.39, 0.29) is 0 Å². The predicted octanol–water partition coefficient (Wildman–Crippen LogP) is 3.52. The fourth-order valence-electron chi connectivity index (χ4n) is 2.72. The van der Waals surface area contributed by atoms with Crippen molar-refractivity contribution in [3.8, 4) is 0 Å². The van der Waals surface area contributed by atoms with E-state index in [1.807, 2.05) is 0 Å². The van der Waals surface area contributed by atoms with E-state index in [0.717, 1.165) is 32.8 Å². The minimum Gasteiger partial charge on any atom is -0.379 e. The molecule has 1 fully saturated rings. The molecule has 0 aromatic heterocycles. The van der Waals surface area contributed by atoms with E-state index in [4.69, 9.17) is 9.47 Å². The number of hydrogen-bond donors (Lipinski definition) is 1. The Hall–Kier alpha value is -0.120. The molecule has 114 valence electrons. The van der Waals surface area contributed by atoms with Crippen molar-refractivity contribution in [3.05, 3.63) is 0 Å². The van der Waals surface area contributed by atoms with Crippen LogP contribution in [0.3, 0.4) is 0 Å². The lowest BCUT2D eigenvalue weighted by Crippen LogP contribution is -2.42. The lowest BCUT2D eigenvalue weighted by atomic mass is 9.94. The van der Waals surface area contributed by atoms with Crippen molar-refractivity contribution in [2.45, 2.75) is 77.4 Å². The van der Waals surface area contributed by atoms with E-state index in [9.17, 15) is 0 Å². The molecule has 0 aromatic rings. The highest BCUT2D eigenvalue weighted by Crippen LogP contribution is 2.20. The van der Waals surface area contributed by atoms with Gasteiger partial charge in [-0.15, -0.1) is 0 Å². The summed E-state index contributed by atoms with van der Waals surface area (Å²) < 4.78 is 11.6. The predicted molar refractivity (Wildman–Crippen MR) is 80.6 cm³/mol. The van der Waals surface area contributed by atoms with Crippen LogP contribution in [-0.2, 0) is 9.47 Å². The second-order valence-corrected chi connectivity index (χ2v) is 5.57. The lowest BCUT2D eigenvalue weighted by molar-refractivity contribution is -0.0196. The molecule has 3 nitrogen and oxygen atoms in total. The summed E-state index contributed by atoms with van der Waals surface area (Å²) in [6, 6.07) is 0.548. The largest absolute Gasteiger partial charge is 0.379 e. The van der Waals surface area contributed by atoms with Crippen LogP contribution in [-0.4, -0.2) is 38.5 Å². The minimum atomic E-state index is 0.386. The van der Waals surface area contributed by atoms with Gasteiger partial charge in [0.2, 0.25) is 0 Å². The zero-order valence-corrected chi connectivity index (χ0v) is 13.0. The summed E-state index contributed by atoms with van der Waals surface area (Å²) in [5.41, 5.74) is 0. The van der Waals surface area contributed by atoms with Crippen LogP contribution in [0.15, 0.2) is 0 Å². The van der Waals surface area contributed by atoms with Crippen molar-refractivity contribution in [1.82, 2.24) is 5.32 Å². The number of rotatable bonds is 9. The van der Waals surface area contributed by atoms with Crippen molar-refractivity contribution in [2.24, 2.45) is 0 Å². The maximum atomic E-state index is 6.09. The van der Waals surface area contributed by atoms with Crippen molar-refractivity contribution in [2.75, 3.05) is 26.4 Å². The third-order valence-corrected chi connectivity index (χ3v) is 3.77. The third-order valence-electron chi connectivity index (χ3n) is 3.77. The zero-order valence-electron chi connectivity index (χ0n) is 13.0. The molecule has 0 spiro atoms. The first-order valence-electron chi connectivity index (χ1n) is 8.31. The lowest BCUT2D eigenvalue weighted by Gasteiger charge is -2.30. The van der Waals surface area contributed by atoms with E-state index in [2.05, 4.69) is 19.2 Å². The summed E-state index contributed by atoms with van der Waals surface area (Å²) in [7, 11) is 0. The summed E-state index contributed by atoms with van der Waals surface area (Å²) in [4.78, 5) is 0. The Kier molecular flexibility index (Phi) is 10.4. The van der Waals surface area contributed by atoms with Gasteiger partial charge in [0.05, 0.1) is 19.3 Å². The van der Waals surface area contributed by atoms with Gasteiger partial charge in [0.1, 0.15) is 0 Å². The summed E-state index contributed by atoms with van der Waals surface area (Å²) in [6.45, 7) is 7.81. The summed E-state index contributed by atoms with van der Waals surface area (Å²) in [5, 5.41) is 3.68. The van der Waals surface area contributed by atoms with E-state index in [1.54, 1.807) is 0 Å². The van der Waals surface area contributed by atoms with Gasteiger partial charge in [-0.05, 0) is 32.2 Å². The summed E-state index contributed by atoms with van der Waals surface area (Å²) >= 11 is 0. The molecule has 2 atom stereocenters. The van der Waals surface area contributed by atoms with Crippen LogP contribution in [0.1, 0.15) is 65.2 Å². The van der Waals surface area contributed by atoms with Crippen LogP contribution in [0.5, 0.6) is 0 Å².